The van der Waals surface area contributed by atoms with Crippen LogP contribution in [0, 0.1) is 0 Å². The maximum absolute atomic E-state index is 5.64. The molecule has 0 bridgehead atoms. The van der Waals surface area contributed by atoms with Gasteiger partial charge in [0.05, 0.1) is 0 Å². The smallest absolute Gasteiger partial charge is 0.121 e. The quantitative estimate of drug-likeness (QED) is 0.752. The van der Waals surface area contributed by atoms with Gasteiger partial charge < -0.3 is 0 Å². The number of hydrogen-bond acceptors (Lipinski definition) is 4. The Morgan fingerprint density at radius 2 is 2.38 bits per heavy atom. The first-order valence-electron chi connectivity index (χ1n) is 4.36. The number of thioether (sulfide) groups is 1. The Morgan fingerprint density at radius 1 is 1.46 bits per heavy atom. The van der Waals surface area contributed by atoms with Crippen LogP contribution in [0.15, 0.2) is 0 Å². The molecule has 5 heteroatoms. The van der Waals surface area contributed by atoms with Gasteiger partial charge in [0.2, 0.25) is 0 Å². The van der Waals surface area contributed by atoms with E-state index in [4.69, 9.17) is 11.6 Å². The lowest BCUT2D eigenvalue weighted by atomic mass is 10.1. The van der Waals surface area contributed by atoms with Crippen LogP contribution in [-0.4, -0.2) is 27.6 Å². The minimum atomic E-state index is 0.647. The molecule has 0 aliphatic carbocycles. The molecule has 0 saturated carbocycles. The third kappa shape index (κ3) is 2.36. The number of rotatable bonds is 3. The first kappa shape index (κ1) is 9.74. The maximum atomic E-state index is 5.64. The molecule has 2 heterocycles. The zero-order valence-corrected chi connectivity index (χ0v) is 9.59. The second-order valence-electron chi connectivity index (χ2n) is 3.03. The van der Waals surface area contributed by atoms with Gasteiger partial charge in [0, 0.05) is 24.0 Å². The molecule has 1 atom stereocenters. The zero-order valence-electron chi connectivity index (χ0n) is 7.20. The van der Waals surface area contributed by atoms with E-state index in [0.717, 1.165) is 11.4 Å². The molecule has 0 aromatic carbocycles. The molecule has 2 nitrogen and oxygen atoms in total. The second-order valence-corrected chi connectivity index (χ2v) is 5.65. The molecule has 0 radical (unpaired) electrons. The van der Waals surface area contributed by atoms with Crippen molar-refractivity contribution in [3.8, 4) is 0 Å². The molecule has 1 unspecified atom stereocenters. The number of hydrogen-bond donors (Lipinski definition) is 0. The molecule has 1 aliphatic heterocycles. The SMILES string of the molecule is ClCCc1nnc(C2CCSC2)s1. The summed E-state index contributed by atoms with van der Waals surface area (Å²) in [4.78, 5) is 0. The lowest BCUT2D eigenvalue weighted by Crippen LogP contribution is -1.94. The van der Waals surface area contributed by atoms with Gasteiger partial charge in [-0.25, -0.2) is 0 Å². The van der Waals surface area contributed by atoms with Crippen molar-refractivity contribution in [1.29, 1.82) is 0 Å². The monoisotopic (exact) mass is 234 g/mol. The average molecular weight is 235 g/mol. The van der Waals surface area contributed by atoms with Crippen molar-refractivity contribution in [1.82, 2.24) is 10.2 Å². The Bertz CT molecular complexity index is 271. The van der Waals surface area contributed by atoms with Crippen molar-refractivity contribution >= 4 is 34.7 Å². The van der Waals surface area contributed by atoms with Gasteiger partial charge in [0.1, 0.15) is 10.0 Å². The predicted molar refractivity (Wildman–Crippen MR) is 59.0 cm³/mol. The fourth-order valence-corrected chi connectivity index (χ4v) is 3.94. The summed E-state index contributed by atoms with van der Waals surface area (Å²) in [6.07, 6.45) is 2.12. The summed E-state index contributed by atoms with van der Waals surface area (Å²) in [5.41, 5.74) is 0. The molecular formula is C8H11ClN2S2. The van der Waals surface area contributed by atoms with Crippen molar-refractivity contribution in [2.75, 3.05) is 17.4 Å². The topological polar surface area (TPSA) is 25.8 Å². The van der Waals surface area contributed by atoms with Crippen molar-refractivity contribution in [3.63, 3.8) is 0 Å². The second kappa shape index (κ2) is 4.62. The summed E-state index contributed by atoms with van der Waals surface area (Å²) in [5, 5.41) is 10.6. The Hall–Kier alpha value is 0.200. The third-order valence-corrected chi connectivity index (χ3v) is 4.57. The molecule has 1 fully saturated rings. The maximum Gasteiger partial charge on any atom is 0.121 e. The first-order chi connectivity index (χ1) is 6.40. The van der Waals surface area contributed by atoms with E-state index in [2.05, 4.69) is 10.2 Å². The van der Waals surface area contributed by atoms with Crippen LogP contribution in [0.5, 0.6) is 0 Å². The first-order valence-corrected chi connectivity index (χ1v) is 6.86. The van der Waals surface area contributed by atoms with Crippen molar-refractivity contribution < 1.29 is 0 Å². The van der Waals surface area contributed by atoms with Gasteiger partial charge in [-0.3, -0.25) is 0 Å². The molecular weight excluding hydrogens is 224 g/mol. The summed E-state index contributed by atoms with van der Waals surface area (Å²) in [7, 11) is 0. The molecule has 0 N–H and O–H groups in total. The van der Waals surface area contributed by atoms with E-state index in [0.29, 0.717) is 11.8 Å². The molecule has 1 aromatic heterocycles. The fourth-order valence-electron chi connectivity index (χ4n) is 1.34. The van der Waals surface area contributed by atoms with Gasteiger partial charge in [0.15, 0.2) is 0 Å². The molecule has 2 rings (SSSR count). The van der Waals surface area contributed by atoms with Crippen LogP contribution >= 0.6 is 34.7 Å². The highest BCUT2D eigenvalue weighted by molar-refractivity contribution is 7.99. The minimum absolute atomic E-state index is 0.647. The van der Waals surface area contributed by atoms with Crippen LogP contribution in [0.2, 0.25) is 0 Å². The molecule has 0 amide bonds. The fraction of sp³-hybridized carbons (Fsp3) is 0.750. The summed E-state index contributed by atoms with van der Waals surface area (Å²) in [6.45, 7) is 0. The molecule has 13 heavy (non-hydrogen) atoms. The summed E-state index contributed by atoms with van der Waals surface area (Å²) < 4.78 is 0. The van der Waals surface area contributed by atoms with Crippen LogP contribution in [0.4, 0.5) is 0 Å². The largest absolute Gasteiger partial charge is 0.161 e. The number of aromatic nitrogens is 2. The van der Waals surface area contributed by atoms with Gasteiger partial charge in [-0.15, -0.1) is 33.1 Å². The van der Waals surface area contributed by atoms with E-state index in [1.165, 1.54) is 22.9 Å². The molecule has 1 aromatic rings. The van der Waals surface area contributed by atoms with Gasteiger partial charge in [-0.2, -0.15) is 11.8 Å². The van der Waals surface area contributed by atoms with Crippen LogP contribution in [0.1, 0.15) is 22.4 Å². The van der Waals surface area contributed by atoms with Crippen LogP contribution in [0.3, 0.4) is 0 Å². The Balaban J connectivity index is 2.03. The average Bonchev–Trinajstić information content (AvgIpc) is 2.70. The molecule has 72 valence electrons. The zero-order chi connectivity index (χ0) is 9.10. The van der Waals surface area contributed by atoms with E-state index < -0.39 is 0 Å². The highest BCUT2D eigenvalue weighted by Crippen LogP contribution is 2.33. The summed E-state index contributed by atoms with van der Waals surface area (Å²) in [6, 6.07) is 0. The van der Waals surface area contributed by atoms with E-state index in [1.807, 2.05) is 11.8 Å². The number of halogens is 1. The molecule has 1 saturated heterocycles. The lowest BCUT2D eigenvalue weighted by Gasteiger charge is -1.99. The van der Waals surface area contributed by atoms with Crippen LogP contribution in [0.25, 0.3) is 0 Å². The van der Waals surface area contributed by atoms with Gasteiger partial charge in [-0.1, -0.05) is 0 Å². The highest BCUT2D eigenvalue weighted by Gasteiger charge is 2.21. The summed E-state index contributed by atoms with van der Waals surface area (Å²) in [5.74, 6) is 3.80. The van der Waals surface area contributed by atoms with Crippen LogP contribution < -0.4 is 0 Å². The molecule has 0 spiro atoms. The summed E-state index contributed by atoms with van der Waals surface area (Å²) >= 11 is 9.39. The standard InChI is InChI=1S/C8H11ClN2S2/c9-3-1-7-10-11-8(13-7)6-2-4-12-5-6/h6H,1-5H2. The van der Waals surface area contributed by atoms with E-state index in [1.54, 1.807) is 11.3 Å². The Morgan fingerprint density at radius 3 is 3.08 bits per heavy atom. The van der Waals surface area contributed by atoms with Crippen molar-refractivity contribution in [2.45, 2.75) is 18.8 Å². The molecule has 1 aliphatic rings. The van der Waals surface area contributed by atoms with Crippen molar-refractivity contribution in [2.24, 2.45) is 0 Å². The third-order valence-electron chi connectivity index (χ3n) is 2.07. The van der Waals surface area contributed by atoms with Gasteiger partial charge in [-0.05, 0) is 12.2 Å². The Labute approximate surface area is 91.1 Å². The van der Waals surface area contributed by atoms with E-state index in [-0.39, 0.29) is 0 Å². The lowest BCUT2D eigenvalue weighted by molar-refractivity contribution is 0.755. The minimum Gasteiger partial charge on any atom is -0.161 e. The van der Waals surface area contributed by atoms with E-state index in [9.17, 15) is 0 Å². The Kier molecular flexibility index (Phi) is 3.46. The van der Waals surface area contributed by atoms with E-state index >= 15 is 0 Å². The highest BCUT2D eigenvalue weighted by atomic mass is 35.5. The number of nitrogens with zero attached hydrogens (tertiary/aromatic N) is 2. The van der Waals surface area contributed by atoms with Gasteiger partial charge >= 0.3 is 0 Å². The normalized spacial score (nSPS) is 22.4. The number of aryl methyl sites for hydroxylation is 1. The number of alkyl halides is 1. The van der Waals surface area contributed by atoms with Crippen molar-refractivity contribution in [3.05, 3.63) is 10.0 Å². The van der Waals surface area contributed by atoms with Gasteiger partial charge in [0.25, 0.3) is 0 Å². The van der Waals surface area contributed by atoms with Crippen LogP contribution in [-0.2, 0) is 6.42 Å². The predicted octanol–water partition coefficient (Wildman–Crippen LogP) is 2.54.